The maximum atomic E-state index is 12.2. The van der Waals surface area contributed by atoms with E-state index >= 15 is 0 Å². The molecule has 0 fully saturated rings. The highest BCUT2D eigenvalue weighted by Gasteiger charge is 2.18. The minimum Gasteiger partial charge on any atom is -0.469 e. The number of aromatic nitrogens is 3. The van der Waals surface area contributed by atoms with E-state index in [0.29, 0.717) is 17.9 Å². The van der Waals surface area contributed by atoms with Crippen LogP contribution in [0.2, 0.25) is 0 Å². The standard InChI is InChI=1S/C26H23N3O3S/c1-16-11-22-20(13-24(30)32-23(22)12-17(16)2)15-33-26-28-27-25(21-9-10-31-18(21)3)29(26)14-19-7-5-4-6-8-19/h4-13H,14-15H2,1-3H3. The molecule has 3 aromatic heterocycles. The lowest BCUT2D eigenvalue weighted by Gasteiger charge is -2.11. The van der Waals surface area contributed by atoms with E-state index in [2.05, 4.69) is 39.9 Å². The number of rotatable bonds is 6. The van der Waals surface area contributed by atoms with Crippen molar-refractivity contribution in [3.8, 4) is 11.4 Å². The van der Waals surface area contributed by atoms with E-state index in [9.17, 15) is 4.79 Å². The zero-order valence-electron chi connectivity index (χ0n) is 18.7. The summed E-state index contributed by atoms with van der Waals surface area (Å²) in [7, 11) is 0. The molecule has 0 atom stereocenters. The second-order valence-electron chi connectivity index (χ2n) is 8.08. The Hall–Kier alpha value is -3.58. The molecule has 3 heterocycles. The van der Waals surface area contributed by atoms with Gasteiger partial charge in [-0.2, -0.15) is 0 Å². The van der Waals surface area contributed by atoms with Gasteiger partial charge in [0.05, 0.1) is 18.4 Å². The van der Waals surface area contributed by atoms with Crippen molar-refractivity contribution in [2.24, 2.45) is 0 Å². The molecular formula is C26H23N3O3S. The number of nitrogens with zero attached hydrogens (tertiary/aromatic N) is 3. The van der Waals surface area contributed by atoms with E-state index in [-0.39, 0.29) is 5.63 Å². The number of furan rings is 1. The lowest BCUT2D eigenvalue weighted by atomic mass is 10.0. The first kappa shape index (κ1) is 21.3. The zero-order valence-corrected chi connectivity index (χ0v) is 19.5. The summed E-state index contributed by atoms with van der Waals surface area (Å²) in [5.74, 6) is 2.13. The van der Waals surface area contributed by atoms with E-state index in [1.54, 1.807) is 24.1 Å². The smallest absolute Gasteiger partial charge is 0.336 e. The Labute approximate surface area is 195 Å². The summed E-state index contributed by atoms with van der Waals surface area (Å²) < 4.78 is 13.1. The van der Waals surface area contributed by atoms with Crippen molar-refractivity contribution in [1.82, 2.24) is 14.8 Å². The Morgan fingerprint density at radius 3 is 2.52 bits per heavy atom. The van der Waals surface area contributed by atoms with Crippen molar-refractivity contribution in [2.75, 3.05) is 0 Å². The van der Waals surface area contributed by atoms with Gasteiger partial charge in [-0.05, 0) is 61.2 Å². The predicted molar refractivity (Wildman–Crippen MR) is 130 cm³/mol. The molecule has 0 spiro atoms. The van der Waals surface area contributed by atoms with E-state index in [4.69, 9.17) is 8.83 Å². The third-order valence-electron chi connectivity index (χ3n) is 5.80. The Morgan fingerprint density at radius 1 is 0.970 bits per heavy atom. The Morgan fingerprint density at radius 2 is 1.76 bits per heavy atom. The summed E-state index contributed by atoms with van der Waals surface area (Å²) in [6, 6.07) is 17.7. The van der Waals surface area contributed by atoms with Crippen LogP contribution in [0.1, 0.15) is 28.0 Å². The number of thioether (sulfide) groups is 1. The molecule has 0 aliphatic carbocycles. The normalized spacial score (nSPS) is 11.4. The lowest BCUT2D eigenvalue weighted by molar-refractivity contribution is 0.534. The Kier molecular flexibility index (Phi) is 5.64. The van der Waals surface area contributed by atoms with Crippen molar-refractivity contribution in [1.29, 1.82) is 0 Å². The predicted octanol–water partition coefficient (Wildman–Crippen LogP) is 5.91. The van der Waals surface area contributed by atoms with Crippen molar-refractivity contribution in [3.05, 3.63) is 99.3 Å². The van der Waals surface area contributed by atoms with Gasteiger partial charge in [0, 0.05) is 17.2 Å². The molecule has 0 bridgehead atoms. The second-order valence-corrected chi connectivity index (χ2v) is 9.02. The Balaban J connectivity index is 1.53. The van der Waals surface area contributed by atoms with Gasteiger partial charge >= 0.3 is 5.63 Å². The summed E-state index contributed by atoms with van der Waals surface area (Å²) in [4.78, 5) is 12.2. The average Bonchev–Trinajstić information content (AvgIpc) is 3.39. The minimum absolute atomic E-state index is 0.346. The van der Waals surface area contributed by atoms with Gasteiger partial charge in [0.2, 0.25) is 0 Å². The van der Waals surface area contributed by atoms with Gasteiger partial charge in [-0.3, -0.25) is 4.57 Å². The van der Waals surface area contributed by atoms with Crippen LogP contribution in [0.3, 0.4) is 0 Å². The van der Waals surface area contributed by atoms with E-state index in [1.165, 1.54) is 0 Å². The van der Waals surface area contributed by atoms with Gasteiger partial charge in [0.15, 0.2) is 11.0 Å². The lowest BCUT2D eigenvalue weighted by Crippen LogP contribution is -2.05. The van der Waals surface area contributed by atoms with Crippen LogP contribution in [0.25, 0.3) is 22.4 Å². The molecular weight excluding hydrogens is 434 g/mol. The molecule has 33 heavy (non-hydrogen) atoms. The van der Waals surface area contributed by atoms with Crippen LogP contribution in [-0.4, -0.2) is 14.8 Å². The van der Waals surface area contributed by atoms with Crippen LogP contribution in [0.4, 0.5) is 0 Å². The molecule has 0 saturated heterocycles. The molecule has 0 unspecified atom stereocenters. The summed E-state index contributed by atoms with van der Waals surface area (Å²) >= 11 is 1.56. The first-order chi connectivity index (χ1) is 16.0. The highest BCUT2D eigenvalue weighted by Crippen LogP contribution is 2.31. The minimum atomic E-state index is -0.346. The fourth-order valence-electron chi connectivity index (χ4n) is 3.86. The molecule has 166 valence electrons. The SMILES string of the molecule is Cc1cc2oc(=O)cc(CSc3nnc(-c4ccoc4C)n3Cc3ccccc3)c2cc1C. The first-order valence-corrected chi connectivity index (χ1v) is 11.7. The van der Waals surface area contributed by atoms with Gasteiger partial charge in [-0.1, -0.05) is 42.1 Å². The van der Waals surface area contributed by atoms with E-state index in [0.717, 1.165) is 49.9 Å². The topological polar surface area (TPSA) is 74.1 Å². The molecule has 0 aliphatic heterocycles. The van der Waals surface area contributed by atoms with E-state index < -0.39 is 0 Å². The molecule has 0 radical (unpaired) electrons. The number of hydrogen-bond acceptors (Lipinski definition) is 6. The molecule has 5 aromatic rings. The number of benzene rings is 2. The average molecular weight is 458 g/mol. The second kappa shape index (κ2) is 8.75. The highest BCUT2D eigenvalue weighted by atomic mass is 32.2. The van der Waals surface area contributed by atoms with Crippen LogP contribution in [0, 0.1) is 20.8 Å². The third-order valence-corrected chi connectivity index (χ3v) is 6.82. The molecule has 0 saturated carbocycles. The summed E-state index contributed by atoms with van der Waals surface area (Å²) in [6.07, 6.45) is 1.67. The fourth-order valence-corrected chi connectivity index (χ4v) is 4.79. The third kappa shape index (κ3) is 4.24. The van der Waals surface area contributed by atoms with Gasteiger partial charge in [0.25, 0.3) is 0 Å². The van der Waals surface area contributed by atoms with Gasteiger partial charge in [-0.25, -0.2) is 4.79 Å². The molecule has 0 amide bonds. The van der Waals surface area contributed by atoms with E-state index in [1.807, 2.05) is 44.2 Å². The van der Waals surface area contributed by atoms with Crippen LogP contribution >= 0.6 is 11.8 Å². The number of fused-ring (bicyclic) bond motifs is 1. The molecule has 6 nitrogen and oxygen atoms in total. The van der Waals surface area contributed by atoms with Gasteiger partial charge in [-0.15, -0.1) is 10.2 Å². The first-order valence-electron chi connectivity index (χ1n) is 10.7. The number of aryl methyl sites for hydroxylation is 3. The van der Waals surface area contributed by atoms with Gasteiger partial charge in [0.1, 0.15) is 11.3 Å². The van der Waals surface area contributed by atoms with Crippen molar-refractivity contribution >= 4 is 22.7 Å². The summed E-state index contributed by atoms with van der Waals surface area (Å²) in [5, 5.41) is 10.7. The van der Waals surface area contributed by atoms with Crippen LogP contribution in [-0.2, 0) is 12.3 Å². The Bertz CT molecular complexity index is 1500. The van der Waals surface area contributed by atoms with Gasteiger partial charge < -0.3 is 8.83 Å². The number of hydrogen-bond donors (Lipinski definition) is 0. The van der Waals surface area contributed by atoms with Crippen LogP contribution in [0.15, 0.2) is 79.6 Å². The largest absolute Gasteiger partial charge is 0.469 e. The van der Waals surface area contributed by atoms with Crippen LogP contribution in [0.5, 0.6) is 0 Å². The van der Waals surface area contributed by atoms with Crippen LogP contribution < -0.4 is 5.63 Å². The quantitative estimate of drug-likeness (QED) is 0.233. The molecule has 0 N–H and O–H groups in total. The zero-order chi connectivity index (χ0) is 22.9. The molecule has 7 heteroatoms. The monoisotopic (exact) mass is 457 g/mol. The maximum Gasteiger partial charge on any atom is 0.336 e. The fraction of sp³-hybridized carbons (Fsp3) is 0.192. The maximum absolute atomic E-state index is 12.2. The van der Waals surface area contributed by atoms with Crippen molar-refractivity contribution in [2.45, 2.75) is 38.2 Å². The molecule has 5 rings (SSSR count). The summed E-state index contributed by atoms with van der Waals surface area (Å²) in [5.41, 5.74) is 5.51. The van der Waals surface area contributed by atoms with Crippen molar-refractivity contribution in [3.63, 3.8) is 0 Å². The molecule has 2 aromatic carbocycles. The highest BCUT2D eigenvalue weighted by molar-refractivity contribution is 7.98. The summed E-state index contributed by atoms with van der Waals surface area (Å²) in [6.45, 7) is 6.63. The molecule has 0 aliphatic rings. The van der Waals surface area contributed by atoms with Crippen molar-refractivity contribution < 1.29 is 8.83 Å².